The molecule has 3 aromatic rings. The van der Waals surface area contributed by atoms with Crippen molar-refractivity contribution in [3.63, 3.8) is 0 Å². The van der Waals surface area contributed by atoms with Crippen molar-refractivity contribution in [2.75, 3.05) is 0 Å². The van der Waals surface area contributed by atoms with Crippen molar-refractivity contribution in [3.8, 4) is 11.3 Å². The van der Waals surface area contributed by atoms with Crippen molar-refractivity contribution < 1.29 is 0 Å². The topological polar surface area (TPSA) is 12.9 Å². The van der Waals surface area contributed by atoms with Crippen LogP contribution in [0.3, 0.4) is 0 Å². The van der Waals surface area contributed by atoms with E-state index in [0.29, 0.717) is 0 Å². The maximum absolute atomic E-state index is 4.76. The van der Waals surface area contributed by atoms with E-state index in [9.17, 15) is 0 Å². The van der Waals surface area contributed by atoms with Gasteiger partial charge in [-0.05, 0) is 29.4 Å². The minimum Gasteiger partial charge on any atom is -0.252 e. The molecule has 21 heavy (non-hydrogen) atoms. The Morgan fingerprint density at radius 1 is 0.857 bits per heavy atom. The van der Waals surface area contributed by atoms with Gasteiger partial charge in [0.15, 0.2) is 0 Å². The van der Waals surface area contributed by atoms with E-state index < -0.39 is 0 Å². The minimum absolute atomic E-state index is 0.181. The molecule has 0 aliphatic carbocycles. The molecule has 0 spiro atoms. The summed E-state index contributed by atoms with van der Waals surface area (Å²) in [5, 5.41) is 2.46. The molecule has 2 aromatic carbocycles. The summed E-state index contributed by atoms with van der Waals surface area (Å²) in [5.74, 6) is 0. The van der Waals surface area contributed by atoms with Gasteiger partial charge in [0.05, 0.1) is 5.69 Å². The van der Waals surface area contributed by atoms with Gasteiger partial charge >= 0.3 is 0 Å². The third kappa shape index (κ3) is 2.69. The van der Waals surface area contributed by atoms with Crippen molar-refractivity contribution >= 4 is 10.8 Å². The Hall–Kier alpha value is -2.15. The summed E-state index contributed by atoms with van der Waals surface area (Å²) in [7, 11) is 0. The summed E-state index contributed by atoms with van der Waals surface area (Å²) in [6.07, 6.45) is 0. The van der Waals surface area contributed by atoms with Crippen molar-refractivity contribution in [2.24, 2.45) is 0 Å². The lowest BCUT2D eigenvalue weighted by molar-refractivity contribution is 0.590. The normalized spacial score (nSPS) is 11.8. The summed E-state index contributed by atoms with van der Waals surface area (Å²) in [5.41, 5.74) is 4.85. The number of aryl methyl sites for hydroxylation is 1. The van der Waals surface area contributed by atoms with Gasteiger partial charge in [-0.2, -0.15) is 0 Å². The van der Waals surface area contributed by atoms with Crippen LogP contribution in [-0.2, 0) is 5.41 Å². The first-order chi connectivity index (χ1) is 9.95. The first kappa shape index (κ1) is 13.8. The van der Waals surface area contributed by atoms with Crippen molar-refractivity contribution in [2.45, 2.75) is 33.1 Å². The van der Waals surface area contributed by atoms with Crippen LogP contribution >= 0.6 is 0 Å². The maximum Gasteiger partial charge on any atom is 0.0783 e. The SMILES string of the molecule is Cc1cc2ccccc2c(-c2ccc(C(C)(C)C)cc2)n1. The summed E-state index contributed by atoms with van der Waals surface area (Å²) in [6.45, 7) is 8.77. The Kier molecular flexibility index (Phi) is 3.29. The molecule has 0 radical (unpaired) electrons. The molecule has 0 bridgehead atoms. The van der Waals surface area contributed by atoms with Crippen LogP contribution in [0.2, 0.25) is 0 Å². The third-order valence-corrected chi connectivity index (χ3v) is 3.89. The zero-order valence-corrected chi connectivity index (χ0v) is 13.1. The van der Waals surface area contributed by atoms with E-state index in [1.807, 2.05) is 0 Å². The molecule has 1 heteroatoms. The number of fused-ring (bicyclic) bond motifs is 1. The zero-order chi connectivity index (χ0) is 15.0. The summed E-state index contributed by atoms with van der Waals surface area (Å²) >= 11 is 0. The Labute approximate surface area is 126 Å². The van der Waals surface area contributed by atoms with Crippen LogP contribution in [0, 0.1) is 6.92 Å². The van der Waals surface area contributed by atoms with E-state index in [-0.39, 0.29) is 5.41 Å². The highest BCUT2D eigenvalue weighted by Gasteiger charge is 2.14. The number of hydrogen-bond donors (Lipinski definition) is 0. The van der Waals surface area contributed by atoms with E-state index in [1.165, 1.54) is 21.9 Å². The lowest BCUT2D eigenvalue weighted by Crippen LogP contribution is -2.10. The molecule has 0 unspecified atom stereocenters. The summed E-state index contributed by atoms with van der Waals surface area (Å²) < 4.78 is 0. The standard InChI is InChI=1S/C20H21N/c1-14-13-16-7-5-6-8-18(16)19(21-14)15-9-11-17(12-10-15)20(2,3)4/h5-13H,1-4H3. The molecular weight excluding hydrogens is 254 g/mol. The number of hydrogen-bond acceptors (Lipinski definition) is 1. The first-order valence-electron chi connectivity index (χ1n) is 7.42. The van der Waals surface area contributed by atoms with Gasteiger partial charge in [0.25, 0.3) is 0 Å². The van der Waals surface area contributed by atoms with Crippen molar-refractivity contribution in [1.82, 2.24) is 4.98 Å². The molecular formula is C20H21N. The highest BCUT2D eigenvalue weighted by atomic mass is 14.7. The van der Waals surface area contributed by atoms with Gasteiger partial charge in [0.2, 0.25) is 0 Å². The Bertz CT molecular complexity index is 777. The van der Waals surface area contributed by atoms with Crippen LogP contribution in [0.5, 0.6) is 0 Å². The van der Waals surface area contributed by atoms with Gasteiger partial charge in [-0.25, -0.2) is 0 Å². The number of rotatable bonds is 1. The molecule has 0 amide bonds. The molecule has 3 rings (SSSR count). The van der Waals surface area contributed by atoms with E-state index in [0.717, 1.165) is 11.4 Å². The molecule has 1 heterocycles. The van der Waals surface area contributed by atoms with E-state index >= 15 is 0 Å². The molecule has 0 N–H and O–H groups in total. The molecule has 106 valence electrons. The summed E-state index contributed by atoms with van der Waals surface area (Å²) in [4.78, 5) is 4.76. The predicted molar refractivity (Wildman–Crippen MR) is 90.6 cm³/mol. The fraction of sp³-hybridized carbons (Fsp3) is 0.250. The van der Waals surface area contributed by atoms with Gasteiger partial charge in [0.1, 0.15) is 0 Å². The van der Waals surface area contributed by atoms with E-state index in [4.69, 9.17) is 4.98 Å². The monoisotopic (exact) mass is 275 g/mol. The van der Waals surface area contributed by atoms with E-state index in [2.05, 4.69) is 82.3 Å². The van der Waals surface area contributed by atoms with Crippen molar-refractivity contribution in [1.29, 1.82) is 0 Å². The van der Waals surface area contributed by atoms with Crippen LogP contribution < -0.4 is 0 Å². The maximum atomic E-state index is 4.76. The number of benzene rings is 2. The van der Waals surface area contributed by atoms with Gasteiger partial charge in [0, 0.05) is 16.6 Å². The molecule has 0 saturated carbocycles. The number of nitrogens with zero attached hydrogens (tertiary/aromatic N) is 1. The highest BCUT2D eigenvalue weighted by molar-refractivity contribution is 5.94. The van der Waals surface area contributed by atoms with Crippen LogP contribution in [0.1, 0.15) is 32.0 Å². The zero-order valence-electron chi connectivity index (χ0n) is 13.1. The molecule has 0 atom stereocenters. The molecule has 0 fully saturated rings. The average Bonchev–Trinajstić information content (AvgIpc) is 2.45. The average molecular weight is 275 g/mol. The predicted octanol–water partition coefficient (Wildman–Crippen LogP) is 5.51. The fourth-order valence-corrected chi connectivity index (χ4v) is 2.68. The molecule has 0 aliphatic rings. The van der Waals surface area contributed by atoms with Gasteiger partial charge in [-0.1, -0.05) is 69.3 Å². The molecule has 1 aromatic heterocycles. The Morgan fingerprint density at radius 2 is 1.52 bits per heavy atom. The van der Waals surface area contributed by atoms with Gasteiger partial charge in [-0.3, -0.25) is 4.98 Å². The second-order valence-electron chi connectivity index (χ2n) is 6.66. The quantitative estimate of drug-likeness (QED) is 0.571. The second kappa shape index (κ2) is 5.00. The van der Waals surface area contributed by atoms with Crippen LogP contribution in [-0.4, -0.2) is 4.98 Å². The lowest BCUT2D eigenvalue weighted by Gasteiger charge is -2.19. The fourth-order valence-electron chi connectivity index (χ4n) is 2.68. The smallest absolute Gasteiger partial charge is 0.0783 e. The van der Waals surface area contributed by atoms with Crippen LogP contribution in [0.4, 0.5) is 0 Å². The lowest BCUT2D eigenvalue weighted by atomic mass is 9.86. The van der Waals surface area contributed by atoms with Gasteiger partial charge in [-0.15, -0.1) is 0 Å². The third-order valence-electron chi connectivity index (χ3n) is 3.89. The molecule has 0 saturated heterocycles. The van der Waals surface area contributed by atoms with E-state index in [1.54, 1.807) is 0 Å². The minimum atomic E-state index is 0.181. The second-order valence-corrected chi connectivity index (χ2v) is 6.66. The van der Waals surface area contributed by atoms with Crippen molar-refractivity contribution in [3.05, 3.63) is 65.9 Å². The Balaban J connectivity index is 2.16. The highest BCUT2D eigenvalue weighted by Crippen LogP contribution is 2.30. The number of aromatic nitrogens is 1. The number of pyridine rings is 1. The van der Waals surface area contributed by atoms with Crippen LogP contribution in [0.15, 0.2) is 54.6 Å². The largest absolute Gasteiger partial charge is 0.252 e. The summed E-state index contributed by atoms with van der Waals surface area (Å²) in [6, 6.07) is 19.4. The van der Waals surface area contributed by atoms with Crippen LogP contribution in [0.25, 0.3) is 22.0 Å². The first-order valence-corrected chi connectivity index (χ1v) is 7.42. The van der Waals surface area contributed by atoms with Gasteiger partial charge < -0.3 is 0 Å². The Morgan fingerprint density at radius 3 is 2.19 bits per heavy atom. The molecule has 1 nitrogen and oxygen atoms in total. The molecule has 0 aliphatic heterocycles.